The largest absolute Gasteiger partial charge is 0.299 e. The summed E-state index contributed by atoms with van der Waals surface area (Å²) in [5, 5.41) is 0. The van der Waals surface area contributed by atoms with E-state index in [1.54, 1.807) is 6.08 Å². The summed E-state index contributed by atoms with van der Waals surface area (Å²) in [5.41, 5.74) is 0. The van der Waals surface area contributed by atoms with Gasteiger partial charge in [-0.05, 0) is 24.8 Å². The molecular weight excluding hydrogens is 172 g/mol. The predicted molar refractivity (Wildman–Crippen MR) is 62.4 cm³/mol. The molecule has 0 aliphatic rings. The first-order valence-electron chi connectivity index (χ1n) is 5.87. The second-order valence-electron chi connectivity index (χ2n) is 4.30. The standard InChI is InChI=1S/C13H24O/c1-13(2)11-9-7-5-3-4-6-8-10-12-14/h8,10,12-13H,3-7,9,11H2,1-2H3/b10-8+. The van der Waals surface area contributed by atoms with Crippen molar-refractivity contribution in [1.29, 1.82) is 0 Å². The summed E-state index contributed by atoms with van der Waals surface area (Å²) in [4.78, 5) is 9.96. The third-order valence-corrected chi connectivity index (χ3v) is 2.37. The highest BCUT2D eigenvalue weighted by Crippen LogP contribution is 2.11. The molecule has 0 aromatic carbocycles. The summed E-state index contributed by atoms with van der Waals surface area (Å²) in [6.07, 6.45) is 13.5. The lowest BCUT2D eigenvalue weighted by Crippen LogP contribution is -1.86. The van der Waals surface area contributed by atoms with Crippen LogP contribution in [0.1, 0.15) is 58.8 Å². The molecule has 1 heteroatoms. The van der Waals surface area contributed by atoms with Crippen LogP contribution in [0, 0.1) is 5.92 Å². The van der Waals surface area contributed by atoms with Gasteiger partial charge in [0.25, 0.3) is 0 Å². The van der Waals surface area contributed by atoms with Crippen molar-refractivity contribution in [3.05, 3.63) is 12.2 Å². The molecule has 0 amide bonds. The fourth-order valence-corrected chi connectivity index (χ4v) is 1.50. The highest BCUT2D eigenvalue weighted by molar-refractivity contribution is 5.64. The van der Waals surface area contributed by atoms with Gasteiger partial charge in [-0.1, -0.05) is 52.0 Å². The van der Waals surface area contributed by atoms with Gasteiger partial charge in [0.15, 0.2) is 0 Å². The summed E-state index contributed by atoms with van der Waals surface area (Å²) in [7, 11) is 0. The van der Waals surface area contributed by atoms with Crippen molar-refractivity contribution in [2.45, 2.75) is 58.8 Å². The first-order valence-corrected chi connectivity index (χ1v) is 5.87. The van der Waals surface area contributed by atoms with Gasteiger partial charge >= 0.3 is 0 Å². The number of unbranched alkanes of at least 4 members (excludes halogenated alkanes) is 5. The lowest BCUT2D eigenvalue weighted by molar-refractivity contribution is -0.104. The van der Waals surface area contributed by atoms with Crippen molar-refractivity contribution in [3.63, 3.8) is 0 Å². The minimum atomic E-state index is 0.850. The molecule has 0 atom stereocenters. The number of carbonyl (C=O) groups excluding carboxylic acids is 1. The van der Waals surface area contributed by atoms with Crippen LogP contribution in [0.3, 0.4) is 0 Å². The molecule has 0 unspecified atom stereocenters. The molecule has 0 radical (unpaired) electrons. The molecule has 0 aliphatic carbocycles. The highest BCUT2D eigenvalue weighted by atomic mass is 16.1. The molecule has 0 heterocycles. The zero-order valence-electron chi connectivity index (χ0n) is 9.67. The Balaban J connectivity index is 2.99. The van der Waals surface area contributed by atoms with Crippen LogP contribution in [0.25, 0.3) is 0 Å². The van der Waals surface area contributed by atoms with E-state index in [1.165, 1.54) is 38.5 Å². The van der Waals surface area contributed by atoms with Crippen molar-refractivity contribution in [1.82, 2.24) is 0 Å². The lowest BCUT2D eigenvalue weighted by Gasteiger charge is -2.03. The van der Waals surface area contributed by atoms with Crippen molar-refractivity contribution in [2.75, 3.05) is 0 Å². The van der Waals surface area contributed by atoms with E-state index in [1.807, 2.05) is 6.08 Å². The summed E-state index contributed by atoms with van der Waals surface area (Å²) < 4.78 is 0. The number of rotatable bonds is 9. The van der Waals surface area contributed by atoms with E-state index in [0.717, 1.165) is 18.6 Å². The molecule has 1 nitrogen and oxygen atoms in total. The summed E-state index contributed by atoms with van der Waals surface area (Å²) >= 11 is 0. The van der Waals surface area contributed by atoms with E-state index in [9.17, 15) is 4.79 Å². The Morgan fingerprint density at radius 1 is 1.00 bits per heavy atom. The Labute approximate surface area is 88.6 Å². The normalized spacial score (nSPS) is 11.4. The van der Waals surface area contributed by atoms with Crippen LogP contribution < -0.4 is 0 Å². The smallest absolute Gasteiger partial charge is 0.142 e. The summed E-state index contributed by atoms with van der Waals surface area (Å²) in [5.74, 6) is 0.852. The average molecular weight is 196 g/mol. The molecule has 0 bridgehead atoms. The molecule has 0 rings (SSSR count). The molecular formula is C13H24O. The SMILES string of the molecule is CC(C)CCCCCCC/C=C/C=O. The fraction of sp³-hybridized carbons (Fsp3) is 0.769. The van der Waals surface area contributed by atoms with Crippen LogP contribution in [-0.2, 0) is 4.79 Å². The number of allylic oxidation sites excluding steroid dienone is 2. The molecule has 0 saturated carbocycles. The Morgan fingerprint density at radius 3 is 2.29 bits per heavy atom. The third-order valence-electron chi connectivity index (χ3n) is 2.37. The van der Waals surface area contributed by atoms with Gasteiger partial charge in [0.05, 0.1) is 0 Å². The average Bonchev–Trinajstić information content (AvgIpc) is 2.15. The van der Waals surface area contributed by atoms with Gasteiger partial charge < -0.3 is 0 Å². The second-order valence-corrected chi connectivity index (χ2v) is 4.30. The minimum Gasteiger partial charge on any atom is -0.299 e. The Bertz CT molecular complexity index is 147. The maximum absolute atomic E-state index is 9.96. The topological polar surface area (TPSA) is 17.1 Å². The van der Waals surface area contributed by atoms with E-state index in [2.05, 4.69) is 13.8 Å². The van der Waals surface area contributed by atoms with Gasteiger partial charge in [-0.25, -0.2) is 0 Å². The first kappa shape index (κ1) is 13.4. The third kappa shape index (κ3) is 11.4. The maximum Gasteiger partial charge on any atom is 0.142 e. The molecule has 0 aromatic heterocycles. The van der Waals surface area contributed by atoms with Crippen molar-refractivity contribution in [3.8, 4) is 0 Å². The molecule has 0 spiro atoms. The van der Waals surface area contributed by atoms with E-state index in [4.69, 9.17) is 0 Å². The van der Waals surface area contributed by atoms with E-state index in [0.29, 0.717) is 0 Å². The molecule has 0 fully saturated rings. The van der Waals surface area contributed by atoms with Crippen LogP contribution in [0.5, 0.6) is 0 Å². The van der Waals surface area contributed by atoms with Crippen molar-refractivity contribution < 1.29 is 4.79 Å². The zero-order chi connectivity index (χ0) is 10.6. The van der Waals surface area contributed by atoms with Gasteiger partial charge in [0.2, 0.25) is 0 Å². The Kier molecular flexibility index (Phi) is 10.0. The Morgan fingerprint density at radius 2 is 1.64 bits per heavy atom. The van der Waals surface area contributed by atoms with Crippen LogP contribution in [0.15, 0.2) is 12.2 Å². The van der Waals surface area contributed by atoms with Gasteiger partial charge in [-0.2, -0.15) is 0 Å². The van der Waals surface area contributed by atoms with Gasteiger partial charge in [0.1, 0.15) is 6.29 Å². The van der Waals surface area contributed by atoms with Crippen molar-refractivity contribution >= 4 is 6.29 Å². The number of hydrogen-bond donors (Lipinski definition) is 0. The molecule has 0 N–H and O–H groups in total. The molecule has 0 aromatic rings. The minimum absolute atomic E-state index is 0.850. The quantitative estimate of drug-likeness (QED) is 0.308. The van der Waals surface area contributed by atoms with Crippen molar-refractivity contribution in [2.24, 2.45) is 5.92 Å². The predicted octanol–water partition coefficient (Wildman–Crippen LogP) is 4.13. The second kappa shape index (κ2) is 10.5. The van der Waals surface area contributed by atoms with Gasteiger partial charge in [-0.3, -0.25) is 4.79 Å². The molecule has 14 heavy (non-hydrogen) atoms. The summed E-state index contributed by atoms with van der Waals surface area (Å²) in [6.45, 7) is 4.56. The number of hydrogen-bond acceptors (Lipinski definition) is 1. The molecule has 82 valence electrons. The van der Waals surface area contributed by atoms with Gasteiger partial charge in [0, 0.05) is 0 Å². The van der Waals surface area contributed by atoms with E-state index < -0.39 is 0 Å². The number of aldehydes is 1. The van der Waals surface area contributed by atoms with Crippen LogP contribution in [0.4, 0.5) is 0 Å². The summed E-state index contributed by atoms with van der Waals surface area (Å²) in [6, 6.07) is 0. The lowest BCUT2D eigenvalue weighted by atomic mass is 10.0. The maximum atomic E-state index is 9.96. The molecule has 0 aliphatic heterocycles. The Hall–Kier alpha value is -0.590. The fourth-order valence-electron chi connectivity index (χ4n) is 1.50. The van der Waals surface area contributed by atoms with Crippen LogP contribution >= 0.6 is 0 Å². The highest BCUT2D eigenvalue weighted by Gasteiger charge is 1.93. The molecule has 0 saturated heterocycles. The van der Waals surface area contributed by atoms with Gasteiger partial charge in [-0.15, -0.1) is 0 Å². The van der Waals surface area contributed by atoms with E-state index >= 15 is 0 Å². The zero-order valence-corrected chi connectivity index (χ0v) is 9.67. The number of carbonyl (C=O) groups is 1. The van der Waals surface area contributed by atoms with E-state index in [-0.39, 0.29) is 0 Å². The monoisotopic (exact) mass is 196 g/mol. The van der Waals surface area contributed by atoms with Crippen LogP contribution in [0.2, 0.25) is 0 Å². The van der Waals surface area contributed by atoms with Crippen LogP contribution in [-0.4, -0.2) is 6.29 Å². The first-order chi connectivity index (χ1) is 6.77.